The number of H-pyrrole nitrogens is 2. The highest BCUT2D eigenvalue weighted by Crippen LogP contribution is 2.24. The van der Waals surface area contributed by atoms with Gasteiger partial charge in [-0.15, -0.1) is 0 Å². The van der Waals surface area contributed by atoms with Crippen LogP contribution in [0, 0.1) is 18.3 Å². The van der Waals surface area contributed by atoms with Gasteiger partial charge in [0.2, 0.25) is 5.78 Å². The van der Waals surface area contributed by atoms with Gasteiger partial charge in [-0.05, 0) is 43.3 Å². The van der Waals surface area contributed by atoms with E-state index in [1.807, 2.05) is 25.1 Å². The molecule has 0 bridgehead atoms. The van der Waals surface area contributed by atoms with Gasteiger partial charge in [-0.1, -0.05) is 6.07 Å². The topological polar surface area (TPSA) is 129 Å². The summed E-state index contributed by atoms with van der Waals surface area (Å²) in [6.45, 7) is 1.89. The number of aryl methyl sites for hydroxylation is 1. The number of imidazole rings is 1. The van der Waals surface area contributed by atoms with Crippen LogP contribution in [0.1, 0.15) is 27.4 Å². The summed E-state index contributed by atoms with van der Waals surface area (Å²) in [6, 6.07) is 14.7. The molecule has 29 heavy (non-hydrogen) atoms. The fourth-order valence-corrected chi connectivity index (χ4v) is 3.46. The molecule has 140 valence electrons. The lowest BCUT2D eigenvalue weighted by Gasteiger charge is -2.05. The second-order valence-corrected chi connectivity index (χ2v) is 6.80. The molecule has 8 heteroatoms. The van der Waals surface area contributed by atoms with E-state index in [1.54, 1.807) is 24.3 Å². The van der Waals surface area contributed by atoms with Crippen LogP contribution in [0.4, 0.5) is 5.82 Å². The monoisotopic (exact) mass is 381 g/mol. The molecule has 5 rings (SSSR count). The lowest BCUT2D eigenvalue weighted by Crippen LogP contribution is -2.07. The summed E-state index contributed by atoms with van der Waals surface area (Å²) in [4.78, 5) is 23.7. The zero-order chi connectivity index (χ0) is 20.1. The van der Waals surface area contributed by atoms with Crippen molar-refractivity contribution in [2.24, 2.45) is 0 Å². The van der Waals surface area contributed by atoms with Crippen molar-refractivity contribution in [2.45, 2.75) is 6.92 Å². The van der Waals surface area contributed by atoms with Gasteiger partial charge in [0.25, 0.3) is 0 Å². The van der Waals surface area contributed by atoms with Crippen LogP contribution in [0.15, 0.2) is 48.7 Å². The smallest absolute Gasteiger partial charge is 0.214 e. The van der Waals surface area contributed by atoms with E-state index >= 15 is 0 Å². The van der Waals surface area contributed by atoms with Crippen molar-refractivity contribution < 1.29 is 4.79 Å². The Kier molecular flexibility index (Phi) is 3.51. The Balaban J connectivity index is 1.54. The number of nitriles is 1. The Hall–Kier alpha value is -4.38. The Morgan fingerprint density at radius 1 is 1.14 bits per heavy atom. The van der Waals surface area contributed by atoms with E-state index < -0.39 is 0 Å². The van der Waals surface area contributed by atoms with Gasteiger partial charge in [0.15, 0.2) is 0 Å². The van der Waals surface area contributed by atoms with Gasteiger partial charge in [0.05, 0.1) is 45.8 Å². The molecule has 0 aliphatic rings. The average molecular weight is 381 g/mol. The zero-order valence-corrected chi connectivity index (χ0v) is 15.4. The Bertz CT molecular complexity index is 1460. The summed E-state index contributed by atoms with van der Waals surface area (Å²) in [5, 5.41) is 14.2. The molecule has 0 radical (unpaired) electrons. The summed E-state index contributed by atoms with van der Waals surface area (Å²) in [7, 11) is 0. The van der Waals surface area contributed by atoms with Crippen LogP contribution in [0.3, 0.4) is 0 Å². The number of carbonyl (C=O) groups excluding carboxylic acids is 1. The molecular formula is C21H15N7O. The van der Waals surface area contributed by atoms with E-state index in [2.05, 4.69) is 26.1 Å². The van der Waals surface area contributed by atoms with E-state index in [0.717, 1.165) is 33.4 Å². The predicted octanol–water partition coefficient (Wildman–Crippen LogP) is 3.22. The first kappa shape index (κ1) is 16.8. The largest absolute Gasteiger partial charge is 0.383 e. The minimum Gasteiger partial charge on any atom is -0.383 e. The van der Waals surface area contributed by atoms with Crippen LogP contribution in [0.25, 0.3) is 27.6 Å². The number of ketones is 1. The first-order chi connectivity index (χ1) is 14.0. The molecule has 0 fully saturated rings. The molecular weight excluding hydrogens is 366 g/mol. The fraction of sp³-hybridized carbons (Fsp3) is 0.0476. The number of nitrogen functional groups attached to an aromatic ring is 1. The van der Waals surface area contributed by atoms with Crippen molar-refractivity contribution in [1.29, 1.82) is 5.26 Å². The van der Waals surface area contributed by atoms with Crippen molar-refractivity contribution in [3.8, 4) is 11.8 Å². The molecule has 0 atom stereocenters. The minimum absolute atomic E-state index is 0.248. The lowest BCUT2D eigenvalue weighted by molar-refractivity contribution is 0.103. The van der Waals surface area contributed by atoms with Gasteiger partial charge in [0.1, 0.15) is 11.6 Å². The van der Waals surface area contributed by atoms with E-state index in [-0.39, 0.29) is 11.6 Å². The number of fused-ring (bicyclic) bond motifs is 2. The third kappa shape index (κ3) is 2.64. The summed E-state index contributed by atoms with van der Waals surface area (Å²) in [5.74, 6) is 0.804. The number of aromatic nitrogens is 5. The second kappa shape index (κ2) is 6.07. The molecule has 0 saturated carbocycles. The van der Waals surface area contributed by atoms with Crippen molar-refractivity contribution in [2.75, 3.05) is 5.73 Å². The number of benzene rings is 2. The number of carbonyl (C=O) groups is 1. The molecule has 0 saturated heterocycles. The number of rotatable bonds is 3. The van der Waals surface area contributed by atoms with Crippen molar-refractivity contribution in [3.63, 3.8) is 0 Å². The number of hydrogen-bond acceptors (Lipinski definition) is 5. The summed E-state index contributed by atoms with van der Waals surface area (Å²) < 4.78 is 1.52. The number of hydrogen-bond donors (Lipinski definition) is 3. The SMILES string of the molecule is Cc1nc2cc(-n3ncc(C(=O)c4cc5ccc(C#N)cc5[nH]4)c3N)ccc2[nH]1. The van der Waals surface area contributed by atoms with Gasteiger partial charge in [-0.3, -0.25) is 4.79 Å². The van der Waals surface area contributed by atoms with Crippen LogP contribution in [0.2, 0.25) is 0 Å². The van der Waals surface area contributed by atoms with Crippen LogP contribution in [-0.4, -0.2) is 30.5 Å². The molecule has 0 amide bonds. The number of anilines is 1. The maximum Gasteiger partial charge on any atom is 0.214 e. The molecule has 3 aromatic heterocycles. The molecule has 8 nitrogen and oxygen atoms in total. The zero-order valence-electron chi connectivity index (χ0n) is 15.4. The van der Waals surface area contributed by atoms with E-state index in [4.69, 9.17) is 11.0 Å². The highest BCUT2D eigenvalue weighted by Gasteiger charge is 2.20. The van der Waals surface area contributed by atoms with Crippen molar-refractivity contribution in [1.82, 2.24) is 24.7 Å². The Labute approximate surface area is 164 Å². The minimum atomic E-state index is -0.264. The Morgan fingerprint density at radius 2 is 2.00 bits per heavy atom. The highest BCUT2D eigenvalue weighted by molar-refractivity contribution is 6.12. The van der Waals surface area contributed by atoms with Gasteiger partial charge in [-0.2, -0.15) is 10.4 Å². The molecule has 0 aliphatic heterocycles. The quantitative estimate of drug-likeness (QED) is 0.413. The van der Waals surface area contributed by atoms with E-state index in [1.165, 1.54) is 10.9 Å². The number of nitrogens with one attached hydrogen (secondary N) is 2. The standard InChI is InChI=1S/C21H15N7O/c1-11-25-16-5-4-14(8-18(16)26-11)28-21(23)15(10-24-28)20(29)19-7-13-3-2-12(9-22)6-17(13)27-19/h2-8,10,27H,23H2,1H3,(H,25,26). The third-order valence-corrected chi connectivity index (χ3v) is 4.88. The molecule has 4 N–H and O–H groups in total. The molecule has 0 aliphatic carbocycles. The van der Waals surface area contributed by atoms with Gasteiger partial charge < -0.3 is 15.7 Å². The van der Waals surface area contributed by atoms with Crippen LogP contribution in [0.5, 0.6) is 0 Å². The maximum atomic E-state index is 13.0. The number of nitrogens with zero attached hydrogens (tertiary/aromatic N) is 4. The first-order valence-electron chi connectivity index (χ1n) is 8.91. The summed E-state index contributed by atoms with van der Waals surface area (Å²) in [5.41, 5.74) is 10.6. The third-order valence-electron chi connectivity index (χ3n) is 4.88. The van der Waals surface area contributed by atoms with Crippen LogP contribution in [-0.2, 0) is 0 Å². The fourth-order valence-electron chi connectivity index (χ4n) is 3.46. The predicted molar refractivity (Wildman–Crippen MR) is 109 cm³/mol. The molecule has 2 aromatic carbocycles. The molecule has 0 unspecified atom stereocenters. The van der Waals surface area contributed by atoms with Gasteiger partial charge >= 0.3 is 0 Å². The normalized spacial score (nSPS) is 11.2. The van der Waals surface area contributed by atoms with Crippen LogP contribution < -0.4 is 5.73 Å². The lowest BCUT2D eigenvalue weighted by atomic mass is 10.1. The summed E-state index contributed by atoms with van der Waals surface area (Å²) >= 11 is 0. The molecule has 0 spiro atoms. The molecule has 3 heterocycles. The van der Waals surface area contributed by atoms with Crippen molar-refractivity contribution in [3.05, 3.63) is 71.3 Å². The summed E-state index contributed by atoms with van der Waals surface area (Å²) in [6.07, 6.45) is 1.46. The van der Waals surface area contributed by atoms with Gasteiger partial charge in [-0.25, -0.2) is 9.67 Å². The van der Waals surface area contributed by atoms with Crippen molar-refractivity contribution >= 4 is 33.5 Å². The Morgan fingerprint density at radius 3 is 2.83 bits per heavy atom. The second-order valence-electron chi connectivity index (χ2n) is 6.80. The number of aromatic amines is 2. The van der Waals surface area contributed by atoms with E-state index in [9.17, 15) is 4.79 Å². The molecule has 5 aromatic rings. The number of nitrogens with two attached hydrogens (primary N) is 1. The van der Waals surface area contributed by atoms with Gasteiger partial charge in [0, 0.05) is 10.9 Å². The van der Waals surface area contributed by atoms with Crippen LogP contribution >= 0.6 is 0 Å². The van der Waals surface area contributed by atoms with E-state index in [0.29, 0.717) is 16.8 Å². The maximum absolute atomic E-state index is 13.0. The first-order valence-corrected chi connectivity index (χ1v) is 8.91. The average Bonchev–Trinajstić information content (AvgIpc) is 3.41. The highest BCUT2D eigenvalue weighted by atomic mass is 16.1.